The summed E-state index contributed by atoms with van der Waals surface area (Å²) in [5.41, 5.74) is 5.53. The fraction of sp³-hybridized carbons (Fsp3) is 0.333. The first-order valence-electron chi connectivity index (χ1n) is 10.9. The van der Waals surface area contributed by atoms with E-state index < -0.39 is 5.41 Å². The first-order valence-corrected chi connectivity index (χ1v) is 10.9. The predicted molar refractivity (Wildman–Crippen MR) is 122 cm³/mol. The molecule has 0 radical (unpaired) electrons. The first kappa shape index (κ1) is 19.8. The van der Waals surface area contributed by atoms with Gasteiger partial charge in [-0.3, -0.25) is 9.69 Å². The van der Waals surface area contributed by atoms with E-state index in [2.05, 4.69) is 62.9 Å². The monoisotopic (exact) mass is 410 g/mol. The molecule has 0 saturated carbocycles. The number of ketones is 1. The molecule has 5 rings (SSSR count). The third-order valence-corrected chi connectivity index (χ3v) is 6.89. The quantitative estimate of drug-likeness (QED) is 0.546. The molecule has 4 nitrogen and oxygen atoms in total. The van der Waals surface area contributed by atoms with Crippen LogP contribution in [0, 0.1) is 11.3 Å². The number of benzene rings is 2. The van der Waals surface area contributed by atoms with Crippen LogP contribution in [0.3, 0.4) is 0 Å². The van der Waals surface area contributed by atoms with E-state index in [0.29, 0.717) is 28.5 Å². The highest BCUT2D eigenvalue weighted by Gasteiger charge is 2.41. The van der Waals surface area contributed by atoms with E-state index in [1.165, 1.54) is 5.57 Å². The maximum absolute atomic E-state index is 13.6. The minimum absolute atomic E-state index is 0.00912. The Bertz CT molecular complexity index is 1300. The Morgan fingerprint density at radius 2 is 1.97 bits per heavy atom. The van der Waals surface area contributed by atoms with E-state index in [4.69, 9.17) is 4.42 Å². The average molecular weight is 411 g/mol. The molecular weight excluding hydrogens is 384 g/mol. The van der Waals surface area contributed by atoms with Gasteiger partial charge in [0.2, 0.25) is 0 Å². The zero-order valence-electron chi connectivity index (χ0n) is 18.5. The summed E-state index contributed by atoms with van der Waals surface area (Å²) in [5, 5.41) is 10.0. The SMILES string of the molecule is CC(C)N1CC=C(c2ccc3c(c2)C(=O)c2c(oc4cc(C#N)ccc24)C3(C)C)CC1. The van der Waals surface area contributed by atoms with Gasteiger partial charge in [0.15, 0.2) is 5.78 Å². The molecule has 0 bridgehead atoms. The average Bonchev–Trinajstić information content (AvgIpc) is 3.17. The third-order valence-electron chi connectivity index (χ3n) is 6.89. The first-order chi connectivity index (χ1) is 14.8. The second-order valence-corrected chi connectivity index (χ2v) is 9.41. The lowest BCUT2D eigenvalue weighted by Gasteiger charge is -2.32. The van der Waals surface area contributed by atoms with Crippen LogP contribution < -0.4 is 0 Å². The van der Waals surface area contributed by atoms with Crippen molar-refractivity contribution in [2.24, 2.45) is 0 Å². The van der Waals surface area contributed by atoms with Crippen molar-refractivity contribution in [3.8, 4) is 6.07 Å². The number of furan rings is 1. The number of hydrogen-bond donors (Lipinski definition) is 0. The Morgan fingerprint density at radius 3 is 2.65 bits per heavy atom. The predicted octanol–water partition coefficient (Wildman–Crippen LogP) is 5.67. The third kappa shape index (κ3) is 2.96. The highest BCUT2D eigenvalue weighted by atomic mass is 16.3. The van der Waals surface area contributed by atoms with Crippen molar-refractivity contribution in [3.05, 3.63) is 76.1 Å². The van der Waals surface area contributed by atoms with E-state index in [0.717, 1.165) is 41.6 Å². The van der Waals surface area contributed by atoms with Crippen LogP contribution in [0.2, 0.25) is 0 Å². The lowest BCUT2D eigenvalue weighted by atomic mass is 9.71. The Hall–Kier alpha value is -3.16. The molecule has 4 heteroatoms. The molecule has 156 valence electrons. The molecule has 2 heterocycles. The van der Waals surface area contributed by atoms with Crippen LogP contribution in [0.4, 0.5) is 0 Å². The molecule has 3 aromatic rings. The maximum Gasteiger partial charge on any atom is 0.197 e. The summed E-state index contributed by atoms with van der Waals surface area (Å²) < 4.78 is 6.17. The van der Waals surface area contributed by atoms with Gasteiger partial charge >= 0.3 is 0 Å². The second-order valence-electron chi connectivity index (χ2n) is 9.41. The smallest absolute Gasteiger partial charge is 0.197 e. The van der Waals surface area contributed by atoms with Gasteiger partial charge < -0.3 is 4.42 Å². The molecule has 2 aromatic carbocycles. The van der Waals surface area contributed by atoms with Crippen LogP contribution in [0.25, 0.3) is 16.5 Å². The molecular formula is C27H26N2O2. The van der Waals surface area contributed by atoms with Crippen LogP contribution >= 0.6 is 0 Å². The molecule has 0 saturated heterocycles. The second kappa shape index (κ2) is 6.93. The molecule has 31 heavy (non-hydrogen) atoms. The van der Waals surface area contributed by atoms with Gasteiger partial charge in [-0.25, -0.2) is 0 Å². The highest BCUT2D eigenvalue weighted by Crippen LogP contribution is 2.46. The minimum Gasteiger partial charge on any atom is -0.459 e. The summed E-state index contributed by atoms with van der Waals surface area (Å²) in [6, 6.07) is 14.3. The van der Waals surface area contributed by atoms with Crippen LogP contribution in [0.1, 0.15) is 72.5 Å². The molecule has 0 N–H and O–H groups in total. The highest BCUT2D eigenvalue weighted by molar-refractivity contribution is 6.19. The molecule has 0 atom stereocenters. The van der Waals surface area contributed by atoms with Gasteiger partial charge in [0.05, 0.1) is 17.2 Å². The van der Waals surface area contributed by atoms with Gasteiger partial charge in [0.25, 0.3) is 0 Å². The van der Waals surface area contributed by atoms with Crippen LogP contribution in [-0.4, -0.2) is 29.8 Å². The van der Waals surface area contributed by atoms with Gasteiger partial charge in [-0.1, -0.05) is 18.2 Å². The van der Waals surface area contributed by atoms with Crippen molar-refractivity contribution in [2.45, 2.75) is 45.6 Å². The van der Waals surface area contributed by atoms with E-state index in [9.17, 15) is 10.1 Å². The molecule has 0 unspecified atom stereocenters. The molecule has 1 aromatic heterocycles. The zero-order valence-corrected chi connectivity index (χ0v) is 18.5. The van der Waals surface area contributed by atoms with Gasteiger partial charge in [0, 0.05) is 35.5 Å². The number of rotatable bonds is 2. The van der Waals surface area contributed by atoms with E-state index >= 15 is 0 Å². The van der Waals surface area contributed by atoms with Crippen molar-refractivity contribution >= 4 is 22.3 Å². The molecule has 0 spiro atoms. The summed E-state index contributed by atoms with van der Waals surface area (Å²) in [4.78, 5) is 16.1. The Labute approximate surface area is 182 Å². The zero-order chi connectivity index (χ0) is 21.9. The summed E-state index contributed by atoms with van der Waals surface area (Å²) in [6.45, 7) is 10.6. The normalized spacial score (nSPS) is 17.9. The number of hydrogen-bond acceptors (Lipinski definition) is 4. The molecule has 0 amide bonds. The van der Waals surface area contributed by atoms with Gasteiger partial charge in [0.1, 0.15) is 11.3 Å². The van der Waals surface area contributed by atoms with E-state index in [1.807, 2.05) is 6.07 Å². The van der Waals surface area contributed by atoms with Crippen molar-refractivity contribution < 1.29 is 9.21 Å². The van der Waals surface area contributed by atoms with E-state index in [1.54, 1.807) is 12.1 Å². The lowest BCUT2D eigenvalue weighted by Crippen LogP contribution is -2.34. The standard InChI is InChI=1S/C27H26N2O2/c1-16(2)29-11-9-18(10-12-29)19-6-8-22-21(14-19)25(30)24-20-7-5-17(15-28)13-23(20)31-26(24)27(22,3)4/h5-9,13-14,16H,10-12H2,1-4H3. The topological polar surface area (TPSA) is 57.2 Å². The summed E-state index contributed by atoms with van der Waals surface area (Å²) >= 11 is 0. The Balaban J connectivity index is 1.62. The van der Waals surface area contributed by atoms with Crippen molar-refractivity contribution in [1.82, 2.24) is 4.90 Å². The molecule has 2 aliphatic rings. The van der Waals surface area contributed by atoms with Crippen LogP contribution in [0.15, 0.2) is 46.9 Å². The van der Waals surface area contributed by atoms with Crippen LogP contribution in [0.5, 0.6) is 0 Å². The Kier molecular flexibility index (Phi) is 4.42. The van der Waals surface area contributed by atoms with Gasteiger partial charge in [-0.15, -0.1) is 0 Å². The number of carbonyl (C=O) groups is 1. The fourth-order valence-corrected chi connectivity index (χ4v) is 4.98. The molecule has 1 aliphatic heterocycles. The number of fused-ring (bicyclic) bond motifs is 4. The number of nitrogens with zero attached hydrogens (tertiary/aromatic N) is 2. The largest absolute Gasteiger partial charge is 0.459 e. The van der Waals surface area contributed by atoms with Crippen molar-refractivity contribution in [1.29, 1.82) is 5.26 Å². The molecule has 0 fully saturated rings. The fourth-order valence-electron chi connectivity index (χ4n) is 4.98. The summed E-state index contributed by atoms with van der Waals surface area (Å²) in [7, 11) is 0. The summed E-state index contributed by atoms with van der Waals surface area (Å²) in [6.07, 6.45) is 3.29. The van der Waals surface area contributed by atoms with E-state index in [-0.39, 0.29) is 5.78 Å². The van der Waals surface area contributed by atoms with Crippen molar-refractivity contribution in [3.63, 3.8) is 0 Å². The maximum atomic E-state index is 13.6. The summed E-state index contributed by atoms with van der Waals surface area (Å²) in [5.74, 6) is 0.696. The minimum atomic E-state index is -0.432. The lowest BCUT2D eigenvalue weighted by molar-refractivity contribution is 0.102. The van der Waals surface area contributed by atoms with Gasteiger partial charge in [-0.2, -0.15) is 5.26 Å². The number of nitriles is 1. The number of carbonyl (C=O) groups excluding carboxylic acids is 1. The molecule has 1 aliphatic carbocycles. The van der Waals surface area contributed by atoms with Crippen LogP contribution in [-0.2, 0) is 5.41 Å². The Morgan fingerprint density at radius 1 is 1.16 bits per heavy atom. The van der Waals surface area contributed by atoms with Gasteiger partial charge in [-0.05, 0) is 75.1 Å². The van der Waals surface area contributed by atoms with Crippen molar-refractivity contribution in [2.75, 3.05) is 13.1 Å².